The highest BCUT2D eigenvalue weighted by molar-refractivity contribution is 5.51. The summed E-state index contributed by atoms with van der Waals surface area (Å²) in [6.07, 6.45) is 4.14. The number of hydrogen-bond donors (Lipinski definition) is 2. The molecule has 1 fully saturated rings. The Kier molecular flexibility index (Phi) is 4.15. The first kappa shape index (κ1) is 12.8. The van der Waals surface area contributed by atoms with E-state index in [1.807, 2.05) is 19.1 Å². The van der Waals surface area contributed by atoms with Crippen LogP contribution in [0.25, 0.3) is 0 Å². The molecule has 98 valence electrons. The third-order valence-electron chi connectivity index (χ3n) is 3.20. The molecular weight excluding hydrogens is 226 g/mol. The maximum atomic E-state index is 5.80. The van der Waals surface area contributed by atoms with Gasteiger partial charge in [-0.25, -0.2) is 9.97 Å². The summed E-state index contributed by atoms with van der Waals surface area (Å²) < 4.78 is 0. The summed E-state index contributed by atoms with van der Waals surface area (Å²) >= 11 is 0. The second-order valence-corrected chi connectivity index (χ2v) is 4.55. The van der Waals surface area contributed by atoms with Crippen molar-refractivity contribution in [3.8, 4) is 0 Å². The molecule has 1 aliphatic heterocycles. The van der Waals surface area contributed by atoms with Crippen molar-refractivity contribution < 1.29 is 0 Å². The summed E-state index contributed by atoms with van der Waals surface area (Å²) in [5, 5.41) is 3.20. The van der Waals surface area contributed by atoms with Crippen molar-refractivity contribution in [3.05, 3.63) is 24.5 Å². The molecule has 1 aromatic rings. The average Bonchev–Trinajstić information content (AvgIpc) is 2.84. The molecule has 3 N–H and O–H groups in total. The molecule has 0 aromatic carbocycles. The van der Waals surface area contributed by atoms with E-state index in [4.69, 9.17) is 5.73 Å². The van der Waals surface area contributed by atoms with E-state index < -0.39 is 0 Å². The van der Waals surface area contributed by atoms with E-state index in [0.29, 0.717) is 19.1 Å². The van der Waals surface area contributed by atoms with Gasteiger partial charge in [0, 0.05) is 31.7 Å². The predicted octanol–water partition coefficient (Wildman–Crippen LogP) is 1.31. The minimum absolute atomic E-state index is 0.409. The number of nitrogens with one attached hydrogen (secondary N) is 1. The molecule has 1 atom stereocenters. The van der Waals surface area contributed by atoms with Gasteiger partial charge in [0.05, 0.1) is 0 Å². The molecule has 5 nitrogen and oxygen atoms in total. The fraction of sp³-hybridized carbons (Fsp3) is 0.538. The van der Waals surface area contributed by atoms with Crippen molar-refractivity contribution in [1.82, 2.24) is 9.97 Å². The van der Waals surface area contributed by atoms with Crippen molar-refractivity contribution >= 4 is 11.6 Å². The first-order chi connectivity index (χ1) is 8.74. The molecule has 0 aliphatic carbocycles. The molecule has 1 aromatic heterocycles. The summed E-state index contributed by atoms with van der Waals surface area (Å²) in [6, 6.07) is 2.40. The second-order valence-electron chi connectivity index (χ2n) is 4.55. The van der Waals surface area contributed by atoms with Crippen LogP contribution in [0.4, 0.5) is 11.6 Å². The van der Waals surface area contributed by atoms with Crippen LogP contribution in [0.3, 0.4) is 0 Å². The summed E-state index contributed by atoms with van der Waals surface area (Å²) in [5.74, 6) is 2.60. The molecule has 1 saturated heterocycles. The molecule has 2 heterocycles. The first-order valence-electron chi connectivity index (χ1n) is 6.41. The van der Waals surface area contributed by atoms with Crippen molar-refractivity contribution in [2.24, 2.45) is 5.73 Å². The van der Waals surface area contributed by atoms with Gasteiger partial charge in [-0.05, 0) is 19.8 Å². The summed E-state index contributed by atoms with van der Waals surface area (Å²) in [7, 11) is 0. The van der Waals surface area contributed by atoms with Crippen LogP contribution in [0.1, 0.15) is 18.7 Å². The topological polar surface area (TPSA) is 67.1 Å². The van der Waals surface area contributed by atoms with Crippen LogP contribution in [0.15, 0.2) is 18.7 Å². The zero-order valence-electron chi connectivity index (χ0n) is 10.9. The van der Waals surface area contributed by atoms with Gasteiger partial charge < -0.3 is 16.0 Å². The smallest absolute Gasteiger partial charge is 0.134 e. The third kappa shape index (κ3) is 2.79. The van der Waals surface area contributed by atoms with Crippen molar-refractivity contribution in [3.63, 3.8) is 0 Å². The highest BCUT2D eigenvalue weighted by Crippen LogP contribution is 2.24. The lowest BCUT2D eigenvalue weighted by molar-refractivity contribution is 0.670. The van der Waals surface area contributed by atoms with Gasteiger partial charge in [0.15, 0.2) is 0 Å². The Morgan fingerprint density at radius 3 is 3.17 bits per heavy atom. The van der Waals surface area contributed by atoms with Crippen LogP contribution >= 0.6 is 0 Å². The Morgan fingerprint density at radius 2 is 2.44 bits per heavy atom. The lowest BCUT2D eigenvalue weighted by atomic mass is 10.2. The Hall–Kier alpha value is -1.62. The summed E-state index contributed by atoms with van der Waals surface area (Å²) in [5.41, 5.74) is 5.80. The fourth-order valence-corrected chi connectivity index (χ4v) is 2.35. The Balaban J connectivity index is 2.21. The van der Waals surface area contributed by atoms with E-state index >= 15 is 0 Å². The minimum Gasteiger partial charge on any atom is -0.366 e. The van der Waals surface area contributed by atoms with Crippen LogP contribution in [0.2, 0.25) is 0 Å². The lowest BCUT2D eigenvalue weighted by Crippen LogP contribution is -2.36. The number of aryl methyl sites for hydroxylation is 1. The number of nitrogens with two attached hydrogens (primary N) is 1. The number of aromatic nitrogens is 2. The number of hydrogen-bond acceptors (Lipinski definition) is 5. The standard InChI is InChI=1S/C13H21N5/c1-3-6-15-12-8-13(17-10(2)16-12)18-7-4-5-11(18)9-14/h3,8,11H,1,4-7,9,14H2,2H3,(H,15,16,17). The quantitative estimate of drug-likeness (QED) is 0.768. The van der Waals surface area contributed by atoms with Gasteiger partial charge in [-0.3, -0.25) is 0 Å². The van der Waals surface area contributed by atoms with Crippen LogP contribution < -0.4 is 16.0 Å². The predicted molar refractivity (Wildman–Crippen MR) is 74.9 cm³/mol. The summed E-state index contributed by atoms with van der Waals surface area (Å²) in [4.78, 5) is 11.2. The van der Waals surface area contributed by atoms with E-state index in [-0.39, 0.29) is 0 Å². The maximum Gasteiger partial charge on any atom is 0.134 e. The molecule has 0 spiro atoms. The molecule has 0 amide bonds. The van der Waals surface area contributed by atoms with Gasteiger partial charge in [0.1, 0.15) is 17.5 Å². The normalized spacial score (nSPS) is 19.0. The maximum absolute atomic E-state index is 5.80. The lowest BCUT2D eigenvalue weighted by Gasteiger charge is -2.25. The fourth-order valence-electron chi connectivity index (χ4n) is 2.35. The summed E-state index contributed by atoms with van der Waals surface area (Å²) in [6.45, 7) is 8.01. The van der Waals surface area contributed by atoms with Crippen LogP contribution in [0, 0.1) is 6.92 Å². The van der Waals surface area contributed by atoms with Crippen molar-refractivity contribution in [2.75, 3.05) is 29.9 Å². The zero-order valence-corrected chi connectivity index (χ0v) is 10.9. The molecule has 18 heavy (non-hydrogen) atoms. The molecule has 0 saturated carbocycles. The van der Waals surface area contributed by atoms with Gasteiger partial charge in [-0.1, -0.05) is 6.08 Å². The highest BCUT2D eigenvalue weighted by Gasteiger charge is 2.24. The van der Waals surface area contributed by atoms with E-state index in [1.165, 1.54) is 6.42 Å². The number of anilines is 2. The van der Waals surface area contributed by atoms with Gasteiger partial charge >= 0.3 is 0 Å². The highest BCUT2D eigenvalue weighted by atomic mass is 15.2. The van der Waals surface area contributed by atoms with Crippen LogP contribution in [-0.4, -0.2) is 35.6 Å². The van der Waals surface area contributed by atoms with E-state index in [9.17, 15) is 0 Å². The molecule has 5 heteroatoms. The van der Waals surface area contributed by atoms with Gasteiger partial charge in [-0.2, -0.15) is 0 Å². The zero-order chi connectivity index (χ0) is 13.0. The van der Waals surface area contributed by atoms with E-state index in [1.54, 1.807) is 0 Å². The molecule has 0 bridgehead atoms. The van der Waals surface area contributed by atoms with Crippen LogP contribution in [-0.2, 0) is 0 Å². The average molecular weight is 247 g/mol. The molecule has 2 rings (SSSR count). The Bertz CT molecular complexity index is 418. The Morgan fingerprint density at radius 1 is 1.61 bits per heavy atom. The largest absolute Gasteiger partial charge is 0.366 e. The molecule has 1 aliphatic rings. The molecular formula is C13H21N5. The van der Waals surface area contributed by atoms with Gasteiger partial charge in [0.2, 0.25) is 0 Å². The molecule has 0 radical (unpaired) electrons. The first-order valence-corrected chi connectivity index (χ1v) is 6.41. The van der Waals surface area contributed by atoms with Gasteiger partial charge in [0.25, 0.3) is 0 Å². The van der Waals surface area contributed by atoms with E-state index in [0.717, 1.165) is 30.4 Å². The third-order valence-corrected chi connectivity index (χ3v) is 3.20. The monoisotopic (exact) mass is 247 g/mol. The number of rotatable bonds is 5. The van der Waals surface area contributed by atoms with Crippen LogP contribution in [0.5, 0.6) is 0 Å². The Labute approximate surface area is 108 Å². The minimum atomic E-state index is 0.409. The molecule has 1 unspecified atom stereocenters. The van der Waals surface area contributed by atoms with Crippen molar-refractivity contribution in [2.45, 2.75) is 25.8 Å². The SMILES string of the molecule is C=CCNc1cc(N2CCCC2CN)nc(C)n1. The van der Waals surface area contributed by atoms with E-state index in [2.05, 4.69) is 26.8 Å². The second kappa shape index (κ2) is 5.82. The number of nitrogens with zero attached hydrogens (tertiary/aromatic N) is 3. The van der Waals surface area contributed by atoms with Crippen molar-refractivity contribution in [1.29, 1.82) is 0 Å². The van der Waals surface area contributed by atoms with Gasteiger partial charge in [-0.15, -0.1) is 6.58 Å².